The van der Waals surface area contributed by atoms with E-state index in [1.807, 2.05) is 6.07 Å². The minimum absolute atomic E-state index is 0. The number of hydrogen-bond acceptors (Lipinski definition) is 6. The summed E-state index contributed by atoms with van der Waals surface area (Å²) in [4.78, 5) is 40.4. The van der Waals surface area contributed by atoms with Gasteiger partial charge in [0, 0.05) is 45.1 Å². The highest BCUT2D eigenvalue weighted by Crippen LogP contribution is 2.43. The largest absolute Gasteiger partial charge is 0.338 e. The first kappa shape index (κ1) is 22.9. The minimum atomic E-state index is -0.0537. The van der Waals surface area contributed by atoms with Crippen molar-refractivity contribution < 1.29 is 9.59 Å². The molecule has 3 fully saturated rings. The van der Waals surface area contributed by atoms with Crippen molar-refractivity contribution in [2.75, 3.05) is 44.2 Å². The summed E-state index contributed by atoms with van der Waals surface area (Å²) < 4.78 is 0. The fourth-order valence-electron chi connectivity index (χ4n) is 5.10. The third-order valence-corrected chi connectivity index (χ3v) is 7.19. The lowest BCUT2D eigenvalue weighted by molar-refractivity contribution is -0.140. The van der Waals surface area contributed by atoms with Crippen LogP contribution < -0.4 is 4.90 Å². The van der Waals surface area contributed by atoms with Crippen molar-refractivity contribution in [1.29, 1.82) is 0 Å². The van der Waals surface area contributed by atoms with Crippen LogP contribution in [0.4, 0.5) is 5.95 Å². The number of likely N-dealkylation sites (tertiary alicyclic amines) is 1. The van der Waals surface area contributed by atoms with Crippen LogP contribution in [0.3, 0.4) is 0 Å². The van der Waals surface area contributed by atoms with E-state index in [1.54, 1.807) is 17.3 Å². The number of nitrogens with zero attached hydrogens (tertiary/aromatic N) is 5. The highest BCUT2D eigenvalue weighted by atomic mass is 35.5. The predicted molar refractivity (Wildman–Crippen MR) is 118 cm³/mol. The number of amides is 2. The Balaban J connectivity index is 0.00000256. The van der Waals surface area contributed by atoms with Gasteiger partial charge in [-0.05, 0) is 50.1 Å². The molecule has 0 N–H and O–H groups in total. The van der Waals surface area contributed by atoms with Gasteiger partial charge in [0.2, 0.25) is 17.8 Å². The zero-order chi connectivity index (χ0) is 20.4. The number of hydrogen-bond donors (Lipinski definition) is 0. The van der Waals surface area contributed by atoms with E-state index in [2.05, 4.69) is 33.6 Å². The summed E-state index contributed by atoms with van der Waals surface area (Å²) in [7, 11) is 0. The molecular weight excluding hydrogens is 402 g/mol. The van der Waals surface area contributed by atoms with Crippen LogP contribution in [0.15, 0.2) is 18.5 Å². The molecule has 3 aliphatic rings. The second-order valence-corrected chi connectivity index (χ2v) is 9.05. The van der Waals surface area contributed by atoms with Gasteiger partial charge in [-0.1, -0.05) is 13.8 Å². The first-order chi connectivity index (χ1) is 14.0. The molecule has 1 saturated carbocycles. The average molecular weight is 436 g/mol. The van der Waals surface area contributed by atoms with E-state index in [0.717, 1.165) is 64.4 Å². The van der Waals surface area contributed by atoms with Gasteiger partial charge in [-0.3, -0.25) is 19.4 Å². The number of fused-ring (bicyclic) bond motifs is 1. The van der Waals surface area contributed by atoms with Crippen LogP contribution >= 0.6 is 12.4 Å². The Hall–Kier alpha value is -1.73. The van der Waals surface area contributed by atoms with Crippen molar-refractivity contribution in [3.8, 4) is 0 Å². The fourth-order valence-corrected chi connectivity index (χ4v) is 5.10. The van der Waals surface area contributed by atoms with Gasteiger partial charge in [-0.15, -0.1) is 12.4 Å². The standard InChI is InChI=1S/C22H33N5O2.ClH/c1-16-14-18-19(15-17(16)2)21(29)27(20(18)28)9-4-3-8-25-10-12-26(13-11-25)22-23-6-5-7-24-22;/h5-7,16-19H,3-4,8-15H2,1-2H3;1H. The Morgan fingerprint density at radius 1 is 0.867 bits per heavy atom. The number of unbranched alkanes of at least 4 members (excludes halogenated alkanes) is 1. The van der Waals surface area contributed by atoms with Gasteiger partial charge in [0.1, 0.15) is 0 Å². The summed E-state index contributed by atoms with van der Waals surface area (Å²) >= 11 is 0. The lowest BCUT2D eigenvalue weighted by atomic mass is 9.70. The van der Waals surface area contributed by atoms with E-state index in [4.69, 9.17) is 0 Å². The molecule has 2 aliphatic heterocycles. The molecule has 0 radical (unpaired) electrons. The van der Waals surface area contributed by atoms with Crippen molar-refractivity contribution in [2.24, 2.45) is 23.7 Å². The lowest BCUT2D eigenvalue weighted by Gasteiger charge is -2.34. The third-order valence-electron chi connectivity index (χ3n) is 7.19. The number of rotatable bonds is 6. The highest BCUT2D eigenvalue weighted by Gasteiger charge is 2.50. The van der Waals surface area contributed by atoms with Crippen molar-refractivity contribution in [3.63, 3.8) is 0 Å². The monoisotopic (exact) mass is 435 g/mol. The summed E-state index contributed by atoms with van der Waals surface area (Å²) in [6, 6.07) is 1.84. The SMILES string of the molecule is CC1CC2C(=O)N(CCCCN3CCN(c4ncccn4)CC3)C(=O)C2CC1C.Cl. The van der Waals surface area contributed by atoms with Crippen LogP contribution in [-0.2, 0) is 9.59 Å². The molecule has 4 unspecified atom stereocenters. The first-order valence-corrected chi connectivity index (χ1v) is 11.1. The molecule has 4 rings (SSSR count). The van der Waals surface area contributed by atoms with Crippen molar-refractivity contribution in [3.05, 3.63) is 18.5 Å². The number of aromatic nitrogens is 2. The zero-order valence-corrected chi connectivity index (χ0v) is 18.9. The van der Waals surface area contributed by atoms with E-state index in [0.29, 0.717) is 18.4 Å². The number of carbonyl (C=O) groups excluding carboxylic acids is 2. The van der Waals surface area contributed by atoms with Gasteiger partial charge in [-0.25, -0.2) is 9.97 Å². The van der Waals surface area contributed by atoms with Gasteiger partial charge >= 0.3 is 0 Å². The Kier molecular flexibility index (Phi) is 7.69. The summed E-state index contributed by atoms with van der Waals surface area (Å²) in [5.41, 5.74) is 0. The molecular formula is C22H34ClN5O2. The summed E-state index contributed by atoms with van der Waals surface area (Å²) in [6.45, 7) is 9.90. The molecule has 0 aromatic carbocycles. The van der Waals surface area contributed by atoms with Gasteiger partial charge < -0.3 is 4.90 Å². The van der Waals surface area contributed by atoms with Gasteiger partial charge in [0.25, 0.3) is 0 Å². The molecule has 2 saturated heterocycles. The molecule has 1 aliphatic carbocycles. The smallest absolute Gasteiger partial charge is 0.233 e. The predicted octanol–water partition coefficient (Wildman–Crippen LogP) is 2.47. The van der Waals surface area contributed by atoms with Crippen LogP contribution in [0.5, 0.6) is 0 Å². The topological polar surface area (TPSA) is 69.6 Å². The first-order valence-electron chi connectivity index (χ1n) is 11.1. The lowest BCUT2D eigenvalue weighted by Crippen LogP contribution is -2.47. The summed E-state index contributed by atoms with van der Waals surface area (Å²) in [5.74, 6) is 1.96. The van der Waals surface area contributed by atoms with E-state index >= 15 is 0 Å². The molecule has 2 amide bonds. The highest BCUT2D eigenvalue weighted by molar-refractivity contribution is 6.05. The van der Waals surface area contributed by atoms with Crippen molar-refractivity contribution in [1.82, 2.24) is 19.8 Å². The Labute approximate surface area is 185 Å². The number of carbonyl (C=O) groups is 2. The quantitative estimate of drug-likeness (QED) is 0.505. The van der Waals surface area contributed by atoms with Gasteiger partial charge in [0.15, 0.2) is 0 Å². The average Bonchev–Trinajstić information content (AvgIpc) is 2.96. The van der Waals surface area contributed by atoms with Gasteiger partial charge in [0.05, 0.1) is 11.8 Å². The minimum Gasteiger partial charge on any atom is -0.338 e. The number of halogens is 1. The van der Waals surface area contributed by atoms with Crippen LogP contribution in [0, 0.1) is 23.7 Å². The molecule has 4 atom stereocenters. The van der Waals surface area contributed by atoms with E-state index in [9.17, 15) is 9.59 Å². The Bertz CT molecular complexity index is 697. The summed E-state index contributed by atoms with van der Waals surface area (Å²) in [5, 5.41) is 0. The molecule has 1 aromatic rings. The Morgan fingerprint density at radius 3 is 1.97 bits per heavy atom. The molecule has 7 nitrogen and oxygen atoms in total. The molecule has 30 heavy (non-hydrogen) atoms. The van der Waals surface area contributed by atoms with E-state index in [1.165, 1.54) is 0 Å². The fraction of sp³-hybridized carbons (Fsp3) is 0.727. The third kappa shape index (κ3) is 4.78. The normalized spacial score (nSPS) is 29.7. The van der Waals surface area contributed by atoms with Crippen molar-refractivity contribution in [2.45, 2.75) is 39.5 Å². The van der Waals surface area contributed by atoms with Crippen LogP contribution in [0.25, 0.3) is 0 Å². The van der Waals surface area contributed by atoms with E-state index in [-0.39, 0.29) is 36.1 Å². The zero-order valence-electron chi connectivity index (χ0n) is 18.1. The second-order valence-electron chi connectivity index (χ2n) is 9.05. The number of piperazine rings is 1. The maximum atomic E-state index is 12.7. The summed E-state index contributed by atoms with van der Waals surface area (Å²) in [6.07, 6.45) is 7.23. The Morgan fingerprint density at radius 2 is 1.40 bits per heavy atom. The van der Waals surface area contributed by atoms with E-state index < -0.39 is 0 Å². The molecule has 0 bridgehead atoms. The molecule has 166 valence electrons. The molecule has 0 spiro atoms. The van der Waals surface area contributed by atoms with Crippen LogP contribution in [-0.4, -0.2) is 70.9 Å². The molecule has 3 heterocycles. The number of imide groups is 1. The maximum Gasteiger partial charge on any atom is 0.233 e. The van der Waals surface area contributed by atoms with Gasteiger partial charge in [-0.2, -0.15) is 0 Å². The maximum absolute atomic E-state index is 12.7. The molecule has 1 aromatic heterocycles. The van der Waals surface area contributed by atoms with Crippen LogP contribution in [0.1, 0.15) is 39.5 Å². The number of anilines is 1. The van der Waals surface area contributed by atoms with Crippen LogP contribution in [0.2, 0.25) is 0 Å². The molecule has 8 heteroatoms. The van der Waals surface area contributed by atoms with Crippen molar-refractivity contribution >= 4 is 30.2 Å². The second kappa shape index (κ2) is 10.1.